The molecule has 0 bridgehead atoms. The van der Waals surface area contributed by atoms with E-state index in [2.05, 4.69) is 10.1 Å². The van der Waals surface area contributed by atoms with Crippen LogP contribution in [0, 0.1) is 0 Å². The Morgan fingerprint density at radius 1 is 0.944 bits per heavy atom. The van der Waals surface area contributed by atoms with Crippen molar-refractivity contribution >= 4 is 23.4 Å². The summed E-state index contributed by atoms with van der Waals surface area (Å²) >= 11 is 0. The number of hydrogen-bond donors (Lipinski definition) is 1. The van der Waals surface area contributed by atoms with Gasteiger partial charge in [0.05, 0.1) is 11.8 Å². The molecule has 0 aliphatic carbocycles. The van der Waals surface area contributed by atoms with E-state index >= 15 is 0 Å². The Kier molecular flexibility index (Phi) is 7.79. The number of piperazine rings is 1. The molecule has 0 radical (unpaired) electrons. The van der Waals surface area contributed by atoms with Crippen LogP contribution in [-0.4, -0.2) is 66.9 Å². The fourth-order valence-corrected chi connectivity index (χ4v) is 3.67. The lowest BCUT2D eigenvalue weighted by Gasteiger charge is -2.35. The Morgan fingerprint density at radius 2 is 1.69 bits per heavy atom. The summed E-state index contributed by atoms with van der Waals surface area (Å²) < 4.78 is 40.4. The van der Waals surface area contributed by atoms with E-state index in [1.54, 1.807) is 41.3 Å². The molecule has 9 nitrogen and oxygen atoms in total. The van der Waals surface area contributed by atoms with E-state index < -0.39 is 18.4 Å². The quantitative estimate of drug-likeness (QED) is 0.509. The molecule has 1 saturated heterocycles. The van der Waals surface area contributed by atoms with Gasteiger partial charge in [0.25, 0.3) is 17.7 Å². The summed E-state index contributed by atoms with van der Waals surface area (Å²) in [5.41, 5.74) is 0.518. The standard InChI is InChI=1S/C25H23F2N3O6/c26-25(27)36-20-8-2-1-7-19(20)24(33)30-12-10-29(11-13-30)22(31)16-35-18-6-3-5-17(15-18)28-23(32)21-9-4-14-34-21/h1-9,14-15,25H,10-13,16H2,(H,28,32). The van der Waals surface area contributed by atoms with Gasteiger partial charge in [-0.2, -0.15) is 8.78 Å². The highest BCUT2D eigenvalue weighted by atomic mass is 19.3. The summed E-state index contributed by atoms with van der Waals surface area (Å²) in [6.07, 6.45) is 1.40. The van der Waals surface area contributed by atoms with Gasteiger partial charge in [0.2, 0.25) is 0 Å². The highest BCUT2D eigenvalue weighted by Gasteiger charge is 2.27. The number of amides is 3. The average molecular weight is 499 g/mol. The van der Waals surface area contributed by atoms with Crippen LogP contribution < -0.4 is 14.8 Å². The topological polar surface area (TPSA) is 101 Å². The number of carbonyl (C=O) groups excluding carboxylic acids is 3. The summed E-state index contributed by atoms with van der Waals surface area (Å²) in [4.78, 5) is 40.6. The average Bonchev–Trinajstić information content (AvgIpc) is 3.43. The zero-order valence-electron chi connectivity index (χ0n) is 19.1. The largest absolute Gasteiger partial charge is 0.484 e. The number of anilines is 1. The first kappa shape index (κ1) is 24.7. The van der Waals surface area contributed by atoms with Gasteiger partial charge in [0.1, 0.15) is 11.5 Å². The van der Waals surface area contributed by atoms with Crippen molar-refractivity contribution in [1.82, 2.24) is 9.80 Å². The molecule has 1 fully saturated rings. The number of hydrogen-bond acceptors (Lipinski definition) is 6. The van der Waals surface area contributed by atoms with Crippen LogP contribution in [0.1, 0.15) is 20.9 Å². The van der Waals surface area contributed by atoms with Gasteiger partial charge in [-0.05, 0) is 36.4 Å². The molecule has 3 amide bonds. The number of furan rings is 1. The summed E-state index contributed by atoms with van der Waals surface area (Å²) in [5.74, 6) is -0.753. The molecule has 3 aromatic rings. The summed E-state index contributed by atoms with van der Waals surface area (Å²) in [5, 5.41) is 2.68. The predicted molar refractivity (Wildman–Crippen MR) is 124 cm³/mol. The minimum atomic E-state index is -3.04. The number of halogens is 2. The van der Waals surface area contributed by atoms with Crippen molar-refractivity contribution in [2.45, 2.75) is 6.61 Å². The van der Waals surface area contributed by atoms with E-state index in [1.165, 1.54) is 35.4 Å². The fraction of sp³-hybridized carbons (Fsp3) is 0.240. The molecule has 36 heavy (non-hydrogen) atoms. The normalized spacial score (nSPS) is 13.4. The second kappa shape index (κ2) is 11.3. The zero-order valence-corrected chi connectivity index (χ0v) is 19.1. The molecular formula is C25H23F2N3O6. The van der Waals surface area contributed by atoms with Crippen LogP contribution >= 0.6 is 0 Å². The summed E-state index contributed by atoms with van der Waals surface area (Å²) in [6.45, 7) is -2.25. The first-order valence-corrected chi connectivity index (χ1v) is 11.1. The van der Waals surface area contributed by atoms with E-state index in [4.69, 9.17) is 9.15 Å². The number of para-hydroxylation sites is 1. The van der Waals surface area contributed by atoms with Crippen molar-refractivity contribution in [2.75, 3.05) is 38.1 Å². The lowest BCUT2D eigenvalue weighted by molar-refractivity contribution is -0.134. The van der Waals surface area contributed by atoms with Crippen LogP contribution in [0.3, 0.4) is 0 Å². The third kappa shape index (κ3) is 6.17. The molecule has 4 rings (SSSR count). The van der Waals surface area contributed by atoms with Crippen molar-refractivity contribution in [2.24, 2.45) is 0 Å². The van der Waals surface area contributed by atoms with Crippen molar-refractivity contribution in [3.63, 3.8) is 0 Å². The first-order valence-electron chi connectivity index (χ1n) is 11.1. The smallest absolute Gasteiger partial charge is 0.387 e. The van der Waals surface area contributed by atoms with Crippen LogP contribution in [0.2, 0.25) is 0 Å². The van der Waals surface area contributed by atoms with Gasteiger partial charge in [-0.1, -0.05) is 18.2 Å². The third-order valence-corrected chi connectivity index (χ3v) is 5.45. The van der Waals surface area contributed by atoms with Crippen molar-refractivity contribution in [1.29, 1.82) is 0 Å². The van der Waals surface area contributed by atoms with Gasteiger partial charge in [0.15, 0.2) is 12.4 Å². The number of nitrogens with one attached hydrogen (secondary N) is 1. The van der Waals surface area contributed by atoms with Crippen molar-refractivity contribution in [3.8, 4) is 11.5 Å². The Labute approximate surface area is 205 Å². The Morgan fingerprint density at radius 3 is 2.42 bits per heavy atom. The lowest BCUT2D eigenvalue weighted by Crippen LogP contribution is -2.51. The van der Waals surface area contributed by atoms with Gasteiger partial charge in [-0.25, -0.2) is 0 Å². The molecule has 0 atom stereocenters. The molecule has 1 N–H and O–H groups in total. The van der Waals surface area contributed by atoms with Crippen LogP contribution in [-0.2, 0) is 4.79 Å². The van der Waals surface area contributed by atoms with Gasteiger partial charge >= 0.3 is 6.61 Å². The molecule has 2 aromatic carbocycles. The Hall–Kier alpha value is -4.41. The van der Waals surface area contributed by atoms with Gasteiger partial charge in [-0.3, -0.25) is 14.4 Å². The molecule has 11 heteroatoms. The maximum Gasteiger partial charge on any atom is 0.387 e. The Bertz CT molecular complexity index is 1210. The first-order chi connectivity index (χ1) is 17.4. The molecule has 2 heterocycles. The van der Waals surface area contributed by atoms with Gasteiger partial charge in [0, 0.05) is 37.9 Å². The monoisotopic (exact) mass is 499 g/mol. The van der Waals surface area contributed by atoms with Crippen LogP contribution in [0.15, 0.2) is 71.3 Å². The van der Waals surface area contributed by atoms with E-state index in [0.717, 1.165) is 0 Å². The number of ether oxygens (including phenoxy) is 2. The molecule has 1 aromatic heterocycles. The molecular weight excluding hydrogens is 476 g/mol. The van der Waals surface area contributed by atoms with E-state index in [0.29, 0.717) is 11.4 Å². The molecule has 0 unspecified atom stereocenters. The third-order valence-electron chi connectivity index (χ3n) is 5.45. The maximum absolute atomic E-state index is 12.8. The number of alkyl halides is 2. The molecule has 0 spiro atoms. The number of rotatable bonds is 8. The zero-order chi connectivity index (χ0) is 25.5. The predicted octanol–water partition coefficient (Wildman–Crippen LogP) is 3.50. The summed E-state index contributed by atoms with van der Waals surface area (Å²) in [7, 11) is 0. The second-order valence-electron chi connectivity index (χ2n) is 7.80. The number of carbonyl (C=O) groups is 3. The molecule has 0 saturated carbocycles. The van der Waals surface area contributed by atoms with E-state index in [9.17, 15) is 23.2 Å². The van der Waals surface area contributed by atoms with Crippen molar-refractivity contribution in [3.05, 3.63) is 78.3 Å². The molecule has 188 valence electrons. The molecule has 1 aliphatic rings. The van der Waals surface area contributed by atoms with Gasteiger partial charge in [-0.15, -0.1) is 0 Å². The minimum Gasteiger partial charge on any atom is -0.484 e. The van der Waals surface area contributed by atoms with Crippen LogP contribution in [0.5, 0.6) is 11.5 Å². The molecule has 1 aliphatic heterocycles. The Balaban J connectivity index is 1.27. The highest BCUT2D eigenvalue weighted by Crippen LogP contribution is 2.23. The SMILES string of the molecule is O=C(Nc1cccc(OCC(=O)N2CCN(C(=O)c3ccccc3OC(F)F)CC2)c1)c1ccco1. The van der Waals surface area contributed by atoms with Gasteiger partial charge < -0.3 is 29.0 Å². The second-order valence-corrected chi connectivity index (χ2v) is 7.80. The summed E-state index contributed by atoms with van der Waals surface area (Å²) in [6, 6.07) is 15.6. The fourth-order valence-electron chi connectivity index (χ4n) is 3.67. The van der Waals surface area contributed by atoms with Crippen LogP contribution in [0.25, 0.3) is 0 Å². The minimum absolute atomic E-state index is 0.0416. The van der Waals surface area contributed by atoms with Crippen molar-refractivity contribution < 1.29 is 37.1 Å². The van der Waals surface area contributed by atoms with E-state index in [-0.39, 0.29) is 55.8 Å². The van der Waals surface area contributed by atoms with E-state index in [1.807, 2.05) is 0 Å². The number of nitrogens with zero attached hydrogens (tertiary/aromatic N) is 2. The number of benzene rings is 2. The maximum atomic E-state index is 12.8. The van der Waals surface area contributed by atoms with Crippen LogP contribution in [0.4, 0.5) is 14.5 Å². The highest BCUT2D eigenvalue weighted by molar-refractivity contribution is 6.02. The lowest BCUT2D eigenvalue weighted by atomic mass is 10.1.